The summed E-state index contributed by atoms with van der Waals surface area (Å²) in [4.78, 5) is 12.5. The molecule has 0 bridgehead atoms. The van der Waals surface area contributed by atoms with Gasteiger partial charge in [-0.2, -0.15) is 0 Å². The zero-order valence-electron chi connectivity index (χ0n) is 13.6. The number of rotatable bonds is 5. The molecule has 0 radical (unpaired) electrons. The second-order valence-electron chi connectivity index (χ2n) is 5.92. The van der Waals surface area contributed by atoms with Crippen LogP contribution >= 0.6 is 0 Å². The lowest BCUT2D eigenvalue weighted by molar-refractivity contribution is -0.161. The molecule has 2 aliphatic rings. The number of amides is 1. The van der Waals surface area contributed by atoms with Crippen LogP contribution in [0, 0.1) is 0 Å². The van der Waals surface area contributed by atoms with Gasteiger partial charge in [0.1, 0.15) is 23.2 Å². The minimum Gasteiger partial charge on any atom is -0.496 e. The van der Waals surface area contributed by atoms with E-state index < -0.39 is 5.79 Å². The minimum atomic E-state index is -0.405. The van der Waals surface area contributed by atoms with Crippen LogP contribution in [0.2, 0.25) is 0 Å². The highest BCUT2D eigenvalue weighted by Crippen LogP contribution is 2.39. The Bertz CT molecular complexity index is 546. The maximum absolute atomic E-state index is 12.5. The van der Waals surface area contributed by atoms with Crippen molar-refractivity contribution in [3.8, 4) is 11.5 Å². The van der Waals surface area contributed by atoms with Crippen molar-refractivity contribution in [1.82, 2.24) is 5.32 Å². The standard InChI is InChI=1S/C17H23NO5/c1-20-13-6-5-7-14(21-2)15(13)16(19)18-10-12-11-22-17(23-12)8-3-4-9-17/h5-7,12H,3-4,8-11H2,1-2H3,(H,18,19). The van der Waals surface area contributed by atoms with Crippen LogP contribution in [-0.4, -0.2) is 45.2 Å². The minimum absolute atomic E-state index is 0.113. The largest absolute Gasteiger partial charge is 0.496 e. The number of carbonyl (C=O) groups excluding carboxylic acids is 1. The van der Waals surface area contributed by atoms with Gasteiger partial charge in [0.25, 0.3) is 5.91 Å². The first-order valence-corrected chi connectivity index (χ1v) is 7.98. The van der Waals surface area contributed by atoms with Gasteiger partial charge in [0.2, 0.25) is 0 Å². The van der Waals surface area contributed by atoms with E-state index in [9.17, 15) is 4.79 Å². The predicted octanol–water partition coefficient (Wildman–Crippen LogP) is 2.12. The Hall–Kier alpha value is -1.79. The van der Waals surface area contributed by atoms with E-state index in [1.54, 1.807) is 18.2 Å². The fraction of sp³-hybridized carbons (Fsp3) is 0.588. The summed E-state index contributed by atoms with van der Waals surface area (Å²) in [6, 6.07) is 5.26. The first-order chi connectivity index (χ1) is 11.2. The molecule has 1 atom stereocenters. The average molecular weight is 321 g/mol. The Kier molecular flexibility index (Phi) is 4.73. The van der Waals surface area contributed by atoms with Crippen LogP contribution < -0.4 is 14.8 Å². The topological polar surface area (TPSA) is 66.0 Å². The van der Waals surface area contributed by atoms with Crippen molar-refractivity contribution in [2.75, 3.05) is 27.4 Å². The molecule has 1 saturated heterocycles. The maximum Gasteiger partial charge on any atom is 0.258 e. The van der Waals surface area contributed by atoms with Crippen molar-refractivity contribution in [3.05, 3.63) is 23.8 Å². The number of carbonyl (C=O) groups is 1. The molecule has 1 spiro atoms. The molecule has 1 amide bonds. The highest BCUT2D eigenvalue weighted by atomic mass is 16.7. The van der Waals surface area contributed by atoms with Crippen LogP contribution in [0.5, 0.6) is 11.5 Å². The number of ether oxygens (including phenoxy) is 4. The third-order valence-corrected chi connectivity index (χ3v) is 4.42. The molecule has 1 saturated carbocycles. The van der Waals surface area contributed by atoms with Crippen LogP contribution in [0.4, 0.5) is 0 Å². The van der Waals surface area contributed by atoms with Gasteiger partial charge in [-0.25, -0.2) is 0 Å². The summed E-state index contributed by atoms with van der Waals surface area (Å²) in [5.41, 5.74) is 0.395. The van der Waals surface area contributed by atoms with Crippen molar-refractivity contribution < 1.29 is 23.7 Å². The van der Waals surface area contributed by atoms with E-state index in [1.807, 2.05) is 0 Å². The Labute approximate surface area is 136 Å². The van der Waals surface area contributed by atoms with E-state index in [1.165, 1.54) is 14.2 Å². The normalized spacial score (nSPS) is 22.3. The van der Waals surface area contributed by atoms with E-state index in [0.29, 0.717) is 30.2 Å². The fourth-order valence-corrected chi connectivity index (χ4v) is 3.26. The summed E-state index contributed by atoms with van der Waals surface area (Å²) >= 11 is 0. The lowest BCUT2D eigenvalue weighted by Gasteiger charge is -2.22. The van der Waals surface area contributed by atoms with Gasteiger partial charge < -0.3 is 24.3 Å². The quantitative estimate of drug-likeness (QED) is 0.900. The zero-order chi connectivity index (χ0) is 16.3. The molecule has 3 rings (SSSR count). The van der Waals surface area contributed by atoms with Crippen LogP contribution in [0.3, 0.4) is 0 Å². The van der Waals surface area contributed by atoms with Gasteiger partial charge in [-0.3, -0.25) is 4.79 Å². The Morgan fingerprint density at radius 2 is 1.91 bits per heavy atom. The molecule has 1 aromatic carbocycles. The molecule has 1 aromatic rings. The Morgan fingerprint density at radius 3 is 2.52 bits per heavy atom. The van der Waals surface area contributed by atoms with E-state index >= 15 is 0 Å². The Morgan fingerprint density at radius 1 is 1.26 bits per heavy atom. The van der Waals surface area contributed by atoms with Crippen LogP contribution in [0.25, 0.3) is 0 Å². The lowest BCUT2D eigenvalue weighted by atomic mass is 10.1. The highest BCUT2D eigenvalue weighted by molar-refractivity contribution is 5.99. The molecular weight excluding hydrogens is 298 g/mol. The number of nitrogens with one attached hydrogen (secondary N) is 1. The van der Waals surface area contributed by atoms with Gasteiger partial charge in [-0.1, -0.05) is 6.07 Å². The molecule has 23 heavy (non-hydrogen) atoms. The SMILES string of the molecule is COc1cccc(OC)c1C(=O)NCC1COC2(CCCC2)O1. The monoisotopic (exact) mass is 321 g/mol. The number of methoxy groups -OCH3 is 2. The van der Waals surface area contributed by atoms with Gasteiger partial charge in [0.05, 0.1) is 20.8 Å². The second kappa shape index (κ2) is 6.76. The molecule has 6 nitrogen and oxygen atoms in total. The number of hydrogen-bond donors (Lipinski definition) is 1. The van der Waals surface area contributed by atoms with E-state index in [-0.39, 0.29) is 12.0 Å². The molecule has 1 unspecified atom stereocenters. The van der Waals surface area contributed by atoms with E-state index in [0.717, 1.165) is 25.7 Å². The predicted molar refractivity (Wildman–Crippen MR) is 83.9 cm³/mol. The molecule has 2 fully saturated rings. The van der Waals surface area contributed by atoms with Crippen molar-refractivity contribution in [2.45, 2.75) is 37.6 Å². The molecule has 0 aromatic heterocycles. The van der Waals surface area contributed by atoms with Gasteiger partial charge in [-0.15, -0.1) is 0 Å². The molecule has 1 heterocycles. The first-order valence-electron chi connectivity index (χ1n) is 7.98. The van der Waals surface area contributed by atoms with Crippen LogP contribution in [-0.2, 0) is 9.47 Å². The molecule has 126 valence electrons. The maximum atomic E-state index is 12.5. The van der Waals surface area contributed by atoms with Gasteiger partial charge in [0, 0.05) is 19.4 Å². The van der Waals surface area contributed by atoms with Gasteiger partial charge in [-0.05, 0) is 25.0 Å². The van der Waals surface area contributed by atoms with E-state index in [4.69, 9.17) is 18.9 Å². The summed E-state index contributed by atoms with van der Waals surface area (Å²) in [7, 11) is 3.06. The summed E-state index contributed by atoms with van der Waals surface area (Å²) in [5.74, 6) is 0.322. The van der Waals surface area contributed by atoms with E-state index in [2.05, 4.69) is 5.32 Å². The highest BCUT2D eigenvalue weighted by Gasteiger charge is 2.43. The average Bonchev–Trinajstić information content (AvgIpc) is 3.21. The molecule has 6 heteroatoms. The third kappa shape index (κ3) is 3.28. The molecule has 1 N–H and O–H groups in total. The number of benzene rings is 1. The smallest absolute Gasteiger partial charge is 0.258 e. The van der Waals surface area contributed by atoms with Crippen LogP contribution in [0.1, 0.15) is 36.0 Å². The first kappa shape index (κ1) is 16.1. The summed E-state index contributed by atoms with van der Waals surface area (Å²) in [6.07, 6.45) is 4.04. The zero-order valence-corrected chi connectivity index (χ0v) is 13.6. The molecular formula is C17H23NO5. The van der Waals surface area contributed by atoms with Crippen molar-refractivity contribution in [3.63, 3.8) is 0 Å². The molecule has 1 aliphatic carbocycles. The lowest BCUT2D eigenvalue weighted by Crippen LogP contribution is -2.35. The van der Waals surface area contributed by atoms with Gasteiger partial charge >= 0.3 is 0 Å². The van der Waals surface area contributed by atoms with Crippen molar-refractivity contribution >= 4 is 5.91 Å². The summed E-state index contributed by atoms with van der Waals surface area (Å²) in [5, 5.41) is 2.89. The van der Waals surface area contributed by atoms with Crippen molar-refractivity contribution in [1.29, 1.82) is 0 Å². The fourth-order valence-electron chi connectivity index (χ4n) is 3.26. The van der Waals surface area contributed by atoms with Crippen LogP contribution in [0.15, 0.2) is 18.2 Å². The van der Waals surface area contributed by atoms with Gasteiger partial charge in [0.15, 0.2) is 5.79 Å². The number of hydrogen-bond acceptors (Lipinski definition) is 5. The van der Waals surface area contributed by atoms with Crippen molar-refractivity contribution in [2.24, 2.45) is 0 Å². The third-order valence-electron chi connectivity index (χ3n) is 4.42. The Balaban J connectivity index is 1.62. The summed E-state index contributed by atoms with van der Waals surface area (Å²) in [6.45, 7) is 0.922. The molecule has 1 aliphatic heterocycles. The second-order valence-corrected chi connectivity index (χ2v) is 5.92. The summed E-state index contributed by atoms with van der Waals surface area (Å²) < 4.78 is 22.3.